The number of hydrogen-bond acceptors (Lipinski definition) is 4. The van der Waals surface area contributed by atoms with Crippen molar-refractivity contribution >= 4 is 0 Å². The molecule has 1 atom stereocenters. The zero-order valence-electron chi connectivity index (χ0n) is 12.3. The van der Waals surface area contributed by atoms with E-state index in [9.17, 15) is 0 Å². The smallest absolute Gasteiger partial charge is 0.161 e. The van der Waals surface area contributed by atoms with Crippen LogP contribution >= 0.6 is 0 Å². The van der Waals surface area contributed by atoms with Crippen LogP contribution in [0.25, 0.3) is 0 Å². The van der Waals surface area contributed by atoms with E-state index in [2.05, 4.69) is 26.1 Å². The van der Waals surface area contributed by atoms with Crippen LogP contribution in [0.15, 0.2) is 18.2 Å². The van der Waals surface area contributed by atoms with Crippen molar-refractivity contribution in [3.05, 3.63) is 23.8 Å². The maximum Gasteiger partial charge on any atom is 0.161 e. The second-order valence-corrected chi connectivity index (χ2v) is 5.01. The minimum atomic E-state index is 0.136. The summed E-state index contributed by atoms with van der Waals surface area (Å²) in [4.78, 5) is 0. The molecule has 4 nitrogen and oxygen atoms in total. The van der Waals surface area contributed by atoms with Gasteiger partial charge >= 0.3 is 0 Å². The highest BCUT2D eigenvalue weighted by Gasteiger charge is 2.10. The molecule has 0 aliphatic rings. The lowest BCUT2D eigenvalue weighted by molar-refractivity contribution is 0.256. The largest absolute Gasteiger partial charge is 0.493 e. The SMILES string of the molecule is COc1cc(C(C)NCCO)ccc1OCC(C)C. The van der Waals surface area contributed by atoms with Gasteiger partial charge in [-0.3, -0.25) is 0 Å². The zero-order valence-corrected chi connectivity index (χ0v) is 12.3. The van der Waals surface area contributed by atoms with Crippen LogP contribution in [0, 0.1) is 5.92 Å². The van der Waals surface area contributed by atoms with Crippen molar-refractivity contribution in [2.24, 2.45) is 5.92 Å². The van der Waals surface area contributed by atoms with Crippen molar-refractivity contribution in [3.8, 4) is 11.5 Å². The van der Waals surface area contributed by atoms with Gasteiger partial charge in [-0.15, -0.1) is 0 Å². The van der Waals surface area contributed by atoms with Crippen molar-refractivity contribution in [1.29, 1.82) is 0 Å². The Morgan fingerprint density at radius 3 is 2.53 bits per heavy atom. The Labute approximate surface area is 115 Å². The average molecular weight is 267 g/mol. The molecular formula is C15H25NO3. The maximum absolute atomic E-state index is 8.82. The number of methoxy groups -OCH3 is 1. The number of rotatable bonds is 8. The van der Waals surface area contributed by atoms with Crippen LogP contribution in [-0.4, -0.2) is 32.0 Å². The first-order chi connectivity index (χ1) is 9.08. The molecule has 0 aliphatic carbocycles. The fraction of sp³-hybridized carbons (Fsp3) is 0.600. The average Bonchev–Trinajstić information content (AvgIpc) is 2.42. The third-order valence-corrected chi connectivity index (χ3v) is 2.82. The first-order valence-corrected chi connectivity index (χ1v) is 6.73. The van der Waals surface area contributed by atoms with E-state index in [0.717, 1.165) is 17.1 Å². The number of ether oxygens (including phenoxy) is 2. The Morgan fingerprint density at radius 2 is 1.95 bits per heavy atom. The number of aliphatic hydroxyl groups is 1. The summed E-state index contributed by atoms with van der Waals surface area (Å²) in [6, 6.07) is 6.10. The molecule has 4 heteroatoms. The standard InChI is InChI=1S/C15H25NO3/c1-11(2)10-19-14-6-5-13(9-15(14)18-4)12(3)16-7-8-17/h5-6,9,11-12,16-17H,7-8,10H2,1-4H3. The minimum absolute atomic E-state index is 0.136. The van der Waals surface area contributed by atoms with Crippen molar-refractivity contribution in [3.63, 3.8) is 0 Å². The molecular weight excluding hydrogens is 242 g/mol. The van der Waals surface area contributed by atoms with Gasteiger partial charge < -0.3 is 19.9 Å². The van der Waals surface area contributed by atoms with Crippen LogP contribution in [0.2, 0.25) is 0 Å². The van der Waals surface area contributed by atoms with E-state index in [1.165, 1.54) is 0 Å². The minimum Gasteiger partial charge on any atom is -0.493 e. The molecule has 1 aromatic rings. The summed E-state index contributed by atoms with van der Waals surface area (Å²) in [5.41, 5.74) is 1.11. The summed E-state index contributed by atoms with van der Waals surface area (Å²) in [5, 5.41) is 12.0. The Hall–Kier alpha value is -1.26. The van der Waals surface area contributed by atoms with Crippen LogP contribution in [-0.2, 0) is 0 Å². The van der Waals surface area contributed by atoms with Crippen molar-refractivity contribution in [2.75, 3.05) is 26.9 Å². The molecule has 19 heavy (non-hydrogen) atoms. The number of aliphatic hydroxyl groups excluding tert-OH is 1. The highest BCUT2D eigenvalue weighted by molar-refractivity contribution is 5.43. The molecule has 0 amide bonds. The quantitative estimate of drug-likeness (QED) is 0.759. The van der Waals surface area contributed by atoms with Gasteiger partial charge in [0.25, 0.3) is 0 Å². The van der Waals surface area contributed by atoms with Crippen LogP contribution in [0.5, 0.6) is 11.5 Å². The Kier molecular flexibility index (Phi) is 6.67. The summed E-state index contributed by atoms with van der Waals surface area (Å²) >= 11 is 0. The van der Waals surface area contributed by atoms with Gasteiger partial charge in [0.05, 0.1) is 20.3 Å². The monoisotopic (exact) mass is 267 g/mol. The van der Waals surface area contributed by atoms with Crippen molar-refractivity contribution in [2.45, 2.75) is 26.8 Å². The van der Waals surface area contributed by atoms with Gasteiger partial charge in [0.2, 0.25) is 0 Å². The Morgan fingerprint density at radius 1 is 1.21 bits per heavy atom. The molecule has 0 aromatic heterocycles. The van der Waals surface area contributed by atoms with E-state index >= 15 is 0 Å². The third kappa shape index (κ3) is 5.09. The number of hydrogen-bond donors (Lipinski definition) is 2. The normalized spacial score (nSPS) is 12.5. The van der Waals surface area contributed by atoms with E-state index in [0.29, 0.717) is 19.1 Å². The highest BCUT2D eigenvalue weighted by Crippen LogP contribution is 2.30. The van der Waals surface area contributed by atoms with E-state index in [4.69, 9.17) is 14.6 Å². The first kappa shape index (κ1) is 15.8. The van der Waals surface area contributed by atoms with E-state index in [1.54, 1.807) is 7.11 Å². The molecule has 108 valence electrons. The van der Waals surface area contributed by atoms with E-state index in [-0.39, 0.29) is 12.6 Å². The lowest BCUT2D eigenvalue weighted by atomic mass is 10.1. The van der Waals surface area contributed by atoms with Gasteiger partial charge in [-0.25, -0.2) is 0 Å². The molecule has 1 rings (SSSR count). The van der Waals surface area contributed by atoms with Gasteiger partial charge in [0.1, 0.15) is 0 Å². The van der Waals surface area contributed by atoms with Gasteiger partial charge in [0, 0.05) is 12.6 Å². The van der Waals surface area contributed by atoms with Crippen LogP contribution in [0.4, 0.5) is 0 Å². The molecule has 0 heterocycles. The molecule has 0 saturated heterocycles. The predicted molar refractivity (Wildman–Crippen MR) is 76.8 cm³/mol. The van der Waals surface area contributed by atoms with Crippen LogP contribution < -0.4 is 14.8 Å². The zero-order chi connectivity index (χ0) is 14.3. The van der Waals surface area contributed by atoms with Crippen molar-refractivity contribution in [1.82, 2.24) is 5.32 Å². The summed E-state index contributed by atoms with van der Waals surface area (Å²) in [6.45, 7) is 7.67. The van der Waals surface area contributed by atoms with Crippen molar-refractivity contribution < 1.29 is 14.6 Å². The molecule has 0 fully saturated rings. The first-order valence-electron chi connectivity index (χ1n) is 6.73. The number of benzene rings is 1. The molecule has 0 radical (unpaired) electrons. The molecule has 1 aromatic carbocycles. The van der Waals surface area contributed by atoms with Gasteiger partial charge in [-0.05, 0) is 30.5 Å². The number of nitrogens with one attached hydrogen (secondary N) is 1. The second kappa shape index (κ2) is 8.02. The molecule has 0 aliphatic heterocycles. The Bertz CT molecular complexity index is 380. The lowest BCUT2D eigenvalue weighted by Crippen LogP contribution is -2.22. The summed E-state index contributed by atoms with van der Waals surface area (Å²) < 4.78 is 11.1. The second-order valence-electron chi connectivity index (χ2n) is 5.01. The highest BCUT2D eigenvalue weighted by atomic mass is 16.5. The Balaban J connectivity index is 2.77. The van der Waals surface area contributed by atoms with E-state index < -0.39 is 0 Å². The molecule has 2 N–H and O–H groups in total. The predicted octanol–water partition coefficient (Wildman–Crippen LogP) is 2.37. The maximum atomic E-state index is 8.82. The fourth-order valence-electron chi connectivity index (χ4n) is 1.73. The summed E-state index contributed by atoms with van der Waals surface area (Å²) in [5.74, 6) is 2.00. The fourth-order valence-corrected chi connectivity index (χ4v) is 1.73. The molecule has 1 unspecified atom stereocenters. The lowest BCUT2D eigenvalue weighted by Gasteiger charge is -2.17. The molecule has 0 saturated carbocycles. The van der Waals surface area contributed by atoms with Gasteiger partial charge in [-0.1, -0.05) is 19.9 Å². The van der Waals surface area contributed by atoms with Gasteiger partial charge in [0.15, 0.2) is 11.5 Å². The molecule has 0 spiro atoms. The van der Waals surface area contributed by atoms with Crippen LogP contribution in [0.1, 0.15) is 32.4 Å². The molecule has 0 bridgehead atoms. The summed E-state index contributed by atoms with van der Waals surface area (Å²) in [7, 11) is 1.65. The van der Waals surface area contributed by atoms with Gasteiger partial charge in [-0.2, -0.15) is 0 Å². The van der Waals surface area contributed by atoms with Crippen LogP contribution in [0.3, 0.4) is 0 Å². The topological polar surface area (TPSA) is 50.7 Å². The van der Waals surface area contributed by atoms with E-state index in [1.807, 2.05) is 18.2 Å². The summed E-state index contributed by atoms with van der Waals surface area (Å²) in [6.07, 6.45) is 0. The third-order valence-electron chi connectivity index (χ3n) is 2.82.